The molecule has 0 saturated carbocycles. The highest BCUT2D eigenvalue weighted by Gasteiger charge is 2.47. The fourth-order valence-corrected chi connectivity index (χ4v) is 3.03. The van der Waals surface area contributed by atoms with E-state index in [1.165, 1.54) is 12.1 Å². The topological polar surface area (TPSA) is 136 Å². The lowest BCUT2D eigenvalue weighted by molar-refractivity contribution is -0.384. The molecule has 2 aromatic carbocycles. The molecule has 0 aromatic heterocycles. The van der Waals surface area contributed by atoms with Gasteiger partial charge in [0.15, 0.2) is 0 Å². The van der Waals surface area contributed by atoms with Gasteiger partial charge in [0.25, 0.3) is 11.6 Å². The Morgan fingerprint density at radius 3 is 2.25 bits per heavy atom. The van der Waals surface area contributed by atoms with Crippen LogP contribution in [0.3, 0.4) is 0 Å². The first-order chi connectivity index (χ1) is 15.1. The van der Waals surface area contributed by atoms with Gasteiger partial charge in [0.1, 0.15) is 12.7 Å². The summed E-state index contributed by atoms with van der Waals surface area (Å²) < 4.78 is 33.6. The van der Waals surface area contributed by atoms with Crippen LogP contribution in [0.5, 0.6) is 0 Å². The number of nitrogens with two attached hydrogens (primary N) is 1. The van der Waals surface area contributed by atoms with Crippen molar-refractivity contribution < 1.29 is 33.1 Å². The quantitative estimate of drug-likeness (QED) is 0.442. The van der Waals surface area contributed by atoms with E-state index in [4.69, 9.17) is 10.5 Å². The first kappa shape index (κ1) is 24.8. The number of ether oxygens (including phenoxy) is 1. The number of carbonyl (C=O) groups excluding carboxylic acids is 2. The van der Waals surface area contributed by atoms with E-state index in [0.717, 1.165) is 19.1 Å². The van der Waals surface area contributed by atoms with Crippen molar-refractivity contribution in [2.24, 2.45) is 5.73 Å². The van der Waals surface area contributed by atoms with Crippen molar-refractivity contribution in [2.45, 2.75) is 38.0 Å². The van der Waals surface area contributed by atoms with Crippen molar-refractivity contribution in [2.75, 3.05) is 6.54 Å². The Hall–Kier alpha value is -3.44. The minimum absolute atomic E-state index is 0.225. The number of aliphatic hydroxyl groups is 1. The number of aliphatic hydroxyl groups excluding tert-OH is 1. The number of nitro groups is 1. The average molecular weight is 451 g/mol. The largest absolute Gasteiger partial charge is 0.444 e. The van der Waals surface area contributed by atoms with Crippen LogP contribution in [0.15, 0.2) is 54.6 Å². The number of hydrogen-bond acceptors (Lipinski definition) is 7. The van der Waals surface area contributed by atoms with Crippen LogP contribution < -0.4 is 5.73 Å². The van der Waals surface area contributed by atoms with Crippen LogP contribution in [0, 0.1) is 10.1 Å². The van der Waals surface area contributed by atoms with E-state index in [9.17, 15) is 33.6 Å². The number of rotatable bonds is 9. The Bertz CT molecular complexity index is 940. The second-order valence-electron chi connectivity index (χ2n) is 7.03. The van der Waals surface area contributed by atoms with Crippen LogP contribution >= 0.6 is 0 Å². The van der Waals surface area contributed by atoms with E-state index in [1.807, 2.05) is 0 Å². The molecule has 0 aliphatic rings. The summed E-state index contributed by atoms with van der Waals surface area (Å²) in [5, 5.41) is 21.2. The number of amides is 2. The van der Waals surface area contributed by atoms with Crippen molar-refractivity contribution in [1.82, 2.24) is 4.90 Å². The van der Waals surface area contributed by atoms with Gasteiger partial charge in [-0.05, 0) is 17.5 Å². The maximum atomic E-state index is 14.3. The number of halogens is 2. The van der Waals surface area contributed by atoms with Gasteiger partial charge >= 0.3 is 6.09 Å². The second-order valence-corrected chi connectivity index (χ2v) is 7.03. The van der Waals surface area contributed by atoms with E-state index < -0.39 is 48.0 Å². The minimum atomic E-state index is -3.82. The molecule has 9 nitrogen and oxygen atoms in total. The van der Waals surface area contributed by atoms with Crippen molar-refractivity contribution in [3.63, 3.8) is 0 Å². The number of hydrogen-bond donors (Lipinski definition) is 2. The molecule has 2 atom stereocenters. The summed E-state index contributed by atoms with van der Waals surface area (Å²) in [5.41, 5.74) is 5.72. The molecule has 2 amide bonds. The number of imide groups is 1. The van der Waals surface area contributed by atoms with Gasteiger partial charge in [-0.3, -0.25) is 14.9 Å². The molecule has 0 heterocycles. The molecule has 2 unspecified atom stereocenters. The zero-order valence-electron chi connectivity index (χ0n) is 17.2. The molecule has 0 fully saturated rings. The molecule has 0 saturated heterocycles. The van der Waals surface area contributed by atoms with Crippen LogP contribution in [0.4, 0.5) is 19.3 Å². The zero-order valence-corrected chi connectivity index (χ0v) is 17.2. The fraction of sp³-hybridized carbons (Fsp3) is 0.333. The maximum Gasteiger partial charge on any atom is 0.417 e. The Morgan fingerprint density at radius 1 is 1.16 bits per heavy atom. The molecule has 0 radical (unpaired) electrons. The smallest absolute Gasteiger partial charge is 0.417 e. The Kier molecular flexibility index (Phi) is 8.33. The van der Waals surface area contributed by atoms with Gasteiger partial charge in [-0.25, -0.2) is 18.5 Å². The molecule has 11 heteroatoms. The molecule has 2 aromatic rings. The number of carbonyl (C=O) groups is 2. The van der Waals surface area contributed by atoms with Crippen LogP contribution in [-0.4, -0.2) is 51.5 Å². The summed E-state index contributed by atoms with van der Waals surface area (Å²) in [6.07, 6.45) is -4.13. The minimum Gasteiger partial charge on any atom is -0.444 e. The Labute approximate surface area is 182 Å². The summed E-state index contributed by atoms with van der Waals surface area (Å²) in [5.74, 6) is -4.75. The van der Waals surface area contributed by atoms with Crippen molar-refractivity contribution in [1.29, 1.82) is 0 Å². The third kappa shape index (κ3) is 6.28. The summed E-state index contributed by atoms with van der Waals surface area (Å²) in [6.45, 7) is -0.479. The van der Waals surface area contributed by atoms with Gasteiger partial charge in [0.05, 0.1) is 17.5 Å². The monoisotopic (exact) mass is 451 g/mol. The predicted molar refractivity (Wildman–Crippen MR) is 110 cm³/mol. The van der Waals surface area contributed by atoms with E-state index >= 15 is 0 Å². The highest BCUT2D eigenvalue weighted by atomic mass is 19.3. The molecule has 0 spiro atoms. The van der Waals surface area contributed by atoms with Gasteiger partial charge in [0, 0.05) is 19.1 Å². The van der Waals surface area contributed by atoms with E-state index in [-0.39, 0.29) is 17.9 Å². The zero-order chi connectivity index (χ0) is 23.9. The first-order valence-electron chi connectivity index (χ1n) is 9.56. The van der Waals surface area contributed by atoms with Gasteiger partial charge in [0.2, 0.25) is 5.91 Å². The lowest BCUT2D eigenvalue weighted by atomic mass is 9.95. The number of non-ortho nitro benzene ring substituents is 1. The molecule has 32 heavy (non-hydrogen) atoms. The molecular formula is C21H23F2N3O6. The molecule has 0 aliphatic heterocycles. The molecule has 2 rings (SSSR count). The lowest BCUT2D eigenvalue weighted by Gasteiger charge is -2.35. The highest BCUT2D eigenvalue weighted by Crippen LogP contribution is 2.26. The first-order valence-corrected chi connectivity index (χ1v) is 9.56. The van der Waals surface area contributed by atoms with Gasteiger partial charge in [-0.15, -0.1) is 0 Å². The van der Waals surface area contributed by atoms with Crippen molar-refractivity contribution in [3.05, 3.63) is 75.8 Å². The van der Waals surface area contributed by atoms with Crippen molar-refractivity contribution in [3.8, 4) is 0 Å². The van der Waals surface area contributed by atoms with Gasteiger partial charge in [-0.2, -0.15) is 0 Å². The summed E-state index contributed by atoms with van der Waals surface area (Å²) in [6, 6.07) is 11.6. The number of nitrogens with zero attached hydrogens (tertiary/aromatic N) is 2. The van der Waals surface area contributed by atoms with Crippen LogP contribution in [0.2, 0.25) is 0 Å². The maximum absolute atomic E-state index is 14.3. The summed E-state index contributed by atoms with van der Waals surface area (Å²) in [7, 11) is 0. The summed E-state index contributed by atoms with van der Waals surface area (Å²) >= 11 is 0. The van der Waals surface area contributed by atoms with Crippen molar-refractivity contribution >= 4 is 17.7 Å². The average Bonchev–Trinajstić information content (AvgIpc) is 2.77. The third-order valence-corrected chi connectivity index (χ3v) is 4.73. The molecule has 172 valence electrons. The van der Waals surface area contributed by atoms with Gasteiger partial charge in [-0.1, -0.05) is 42.5 Å². The third-order valence-electron chi connectivity index (χ3n) is 4.73. The van der Waals surface area contributed by atoms with Crippen LogP contribution in [-0.2, 0) is 22.6 Å². The van der Waals surface area contributed by atoms with Crippen LogP contribution in [0.1, 0.15) is 18.1 Å². The Balaban J connectivity index is 2.33. The predicted octanol–water partition coefficient (Wildman–Crippen LogP) is 2.65. The number of benzene rings is 2. The normalized spacial score (nSPS) is 13.2. The second kappa shape index (κ2) is 10.7. The van der Waals surface area contributed by atoms with Crippen LogP contribution in [0.25, 0.3) is 0 Å². The highest BCUT2D eigenvalue weighted by molar-refractivity contribution is 5.91. The summed E-state index contributed by atoms with van der Waals surface area (Å²) in [4.78, 5) is 35.5. The molecule has 3 N–H and O–H groups in total. The molecule has 0 aliphatic carbocycles. The molecular weight excluding hydrogens is 428 g/mol. The lowest BCUT2D eigenvalue weighted by Crippen LogP contribution is -2.58. The number of alkyl halides is 2. The standard InChI is InChI=1S/C21H23F2N3O6/c1-14(27)25(20(29)32-12-16-5-3-2-4-6-16)18(19(28)21(22,23)13-24)11-15-7-9-17(10-8-15)26(30)31/h2-10,18-19,28H,11-13,24H2,1H3. The van der Waals surface area contributed by atoms with E-state index in [2.05, 4.69) is 0 Å². The fourth-order valence-electron chi connectivity index (χ4n) is 3.03. The number of nitro benzene ring substituents is 1. The van der Waals surface area contributed by atoms with Gasteiger partial charge < -0.3 is 15.6 Å². The SMILES string of the molecule is CC(=O)N(C(=O)OCc1ccccc1)C(Cc1ccc([N+](=O)[O-])cc1)C(O)C(F)(F)CN. The Morgan fingerprint density at radius 2 is 1.75 bits per heavy atom. The van der Waals surface area contributed by atoms with E-state index in [0.29, 0.717) is 10.5 Å². The van der Waals surface area contributed by atoms with E-state index in [1.54, 1.807) is 30.3 Å². The molecule has 0 bridgehead atoms.